The van der Waals surface area contributed by atoms with Crippen LogP contribution in [0.2, 0.25) is 0 Å². The molecule has 1 aliphatic carbocycles. The Kier molecular flexibility index (Phi) is 4.81. The number of hydrogen-bond donors (Lipinski definition) is 2. The number of carbonyl (C=O) groups is 1. The first-order chi connectivity index (χ1) is 13.5. The van der Waals surface area contributed by atoms with E-state index in [2.05, 4.69) is 15.5 Å². The molecule has 0 spiro atoms. The van der Waals surface area contributed by atoms with E-state index in [1.165, 1.54) is 12.8 Å². The fraction of sp³-hybridized carbons (Fsp3) is 0.421. The molecule has 1 fully saturated rings. The van der Waals surface area contributed by atoms with Gasteiger partial charge in [0.25, 0.3) is 11.8 Å². The number of carbonyl (C=O) groups excluding carboxylic acids is 1. The fourth-order valence-corrected chi connectivity index (χ4v) is 2.74. The van der Waals surface area contributed by atoms with Crippen molar-refractivity contribution in [1.82, 2.24) is 15.5 Å². The van der Waals surface area contributed by atoms with Crippen LogP contribution in [-0.4, -0.2) is 35.4 Å². The van der Waals surface area contributed by atoms with Crippen molar-refractivity contribution in [3.8, 4) is 23.3 Å². The first kappa shape index (κ1) is 18.1. The van der Waals surface area contributed by atoms with Gasteiger partial charge in [-0.05, 0) is 49.9 Å². The Balaban J connectivity index is 1.48. The van der Waals surface area contributed by atoms with E-state index in [0.29, 0.717) is 40.1 Å². The second kappa shape index (κ2) is 7.41. The zero-order chi connectivity index (χ0) is 19.7. The van der Waals surface area contributed by atoms with Gasteiger partial charge in [0.15, 0.2) is 5.58 Å². The second-order valence-corrected chi connectivity index (χ2v) is 7.07. The number of urea groups is 1. The molecule has 2 amide bonds. The first-order valence-corrected chi connectivity index (χ1v) is 9.18. The lowest BCUT2D eigenvalue weighted by molar-refractivity contribution is 0.227. The van der Waals surface area contributed by atoms with Crippen LogP contribution in [0.25, 0.3) is 22.8 Å². The van der Waals surface area contributed by atoms with E-state index in [9.17, 15) is 4.79 Å². The topological polar surface area (TPSA) is 126 Å². The van der Waals surface area contributed by atoms with Crippen molar-refractivity contribution in [2.24, 2.45) is 11.7 Å². The Morgan fingerprint density at radius 1 is 1.39 bits per heavy atom. The van der Waals surface area contributed by atoms with Crippen molar-refractivity contribution in [2.45, 2.75) is 32.7 Å². The Morgan fingerprint density at radius 2 is 2.21 bits per heavy atom. The number of nitrogens with one attached hydrogen (secondary N) is 1. The monoisotopic (exact) mass is 386 g/mol. The molecule has 148 valence electrons. The van der Waals surface area contributed by atoms with Crippen LogP contribution in [0, 0.1) is 12.8 Å². The van der Waals surface area contributed by atoms with E-state index in [1.807, 2.05) is 18.2 Å². The van der Waals surface area contributed by atoms with Gasteiger partial charge in [0.05, 0.1) is 18.2 Å². The van der Waals surface area contributed by atoms with Crippen LogP contribution in [0.5, 0.6) is 11.6 Å². The lowest BCUT2D eigenvalue weighted by atomic mass is 10.3. The summed E-state index contributed by atoms with van der Waals surface area (Å²) < 4.78 is 22.5. The summed E-state index contributed by atoms with van der Waals surface area (Å²) in [6.07, 6.45) is 2.48. The Hall–Kier alpha value is -3.23. The van der Waals surface area contributed by atoms with Gasteiger partial charge in [-0.1, -0.05) is 0 Å². The van der Waals surface area contributed by atoms with Crippen LogP contribution >= 0.6 is 0 Å². The number of ether oxygens (including phenoxy) is 2. The summed E-state index contributed by atoms with van der Waals surface area (Å²) in [6.45, 7) is 4.50. The van der Waals surface area contributed by atoms with Crippen LogP contribution in [-0.2, 0) is 0 Å². The molecule has 3 aromatic rings. The number of aromatic nitrogens is 2. The third kappa shape index (κ3) is 4.03. The smallest absolute Gasteiger partial charge is 0.312 e. The Morgan fingerprint density at radius 3 is 2.96 bits per heavy atom. The molecule has 0 aliphatic heterocycles. The highest BCUT2D eigenvalue weighted by atomic mass is 16.5. The van der Waals surface area contributed by atoms with Gasteiger partial charge in [0.2, 0.25) is 5.76 Å². The highest BCUT2D eigenvalue weighted by Gasteiger charge is 2.23. The van der Waals surface area contributed by atoms with Gasteiger partial charge in [-0.25, -0.2) is 9.78 Å². The second-order valence-electron chi connectivity index (χ2n) is 7.07. The van der Waals surface area contributed by atoms with Crippen LogP contribution in [0.3, 0.4) is 0 Å². The summed E-state index contributed by atoms with van der Waals surface area (Å²) in [7, 11) is 0. The summed E-state index contributed by atoms with van der Waals surface area (Å²) in [6, 6.07) is 4.67. The third-order valence-electron chi connectivity index (χ3n) is 4.48. The van der Waals surface area contributed by atoms with E-state index in [0.717, 1.165) is 12.4 Å². The molecule has 2 heterocycles. The fourth-order valence-electron chi connectivity index (χ4n) is 2.74. The molecule has 0 unspecified atom stereocenters. The summed E-state index contributed by atoms with van der Waals surface area (Å²) in [5.74, 6) is 2.47. The molecular weight excluding hydrogens is 364 g/mol. The number of fused-ring (bicyclic) bond motifs is 1. The van der Waals surface area contributed by atoms with Gasteiger partial charge in [-0.3, -0.25) is 0 Å². The van der Waals surface area contributed by atoms with Gasteiger partial charge in [-0.15, -0.1) is 0 Å². The number of nitrogens with two attached hydrogens (primary N) is 1. The van der Waals surface area contributed by atoms with Crippen molar-refractivity contribution >= 4 is 17.1 Å². The lowest BCUT2D eigenvalue weighted by Crippen LogP contribution is -2.40. The van der Waals surface area contributed by atoms with Gasteiger partial charge in [0.1, 0.15) is 17.9 Å². The van der Waals surface area contributed by atoms with Crippen molar-refractivity contribution in [1.29, 1.82) is 0 Å². The number of primary amides is 1. The van der Waals surface area contributed by atoms with Gasteiger partial charge in [-0.2, -0.15) is 0 Å². The van der Waals surface area contributed by atoms with E-state index in [4.69, 9.17) is 24.1 Å². The minimum Gasteiger partial charge on any atom is -0.493 e. The summed E-state index contributed by atoms with van der Waals surface area (Å²) >= 11 is 0. The first-order valence-electron chi connectivity index (χ1n) is 9.18. The predicted molar refractivity (Wildman–Crippen MR) is 100 cm³/mol. The lowest BCUT2D eigenvalue weighted by Gasteiger charge is -2.11. The number of rotatable bonds is 8. The van der Waals surface area contributed by atoms with Crippen molar-refractivity contribution in [3.05, 3.63) is 23.8 Å². The zero-order valence-electron chi connectivity index (χ0n) is 15.7. The maximum absolute atomic E-state index is 10.9. The molecule has 1 aliphatic rings. The van der Waals surface area contributed by atoms with Gasteiger partial charge < -0.3 is 29.5 Å². The van der Waals surface area contributed by atoms with Crippen molar-refractivity contribution in [2.75, 3.05) is 13.2 Å². The zero-order valence-corrected chi connectivity index (χ0v) is 15.7. The number of amides is 2. The molecule has 9 heteroatoms. The standard InChI is InChI=1S/C19H22N4O5/c1-10(21-19(20)24)8-26-17-11(2)16(28-23-17)18-22-14-7-13(5-6-15(14)27-18)25-9-12-3-4-12/h5-7,10,12H,3-4,8-9H2,1-2H3,(H3,20,21,24)/t10-/m0/s1. The summed E-state index contributed by atoms with van der Waals surface area (Å²) in [5, 5.41) is 6.45. The molecule has 0 bridgehead atoms. The van der Waals surface area contributed by atoms with E-state index in [1.54, 1.807) is 13.8 Å². The highest BCUT2D eigenvalue weighted by molar-refractivity contribution is 5.77. The van der Waals surface area contributed by atoms with Crippen LogP contribution in [0.1, 0.15) is 25.3 Å². The predicted octanol–water partition coefficient (Wildman–Crippen LogP) is 3.02. The Labute approximate surface area is 161 Å². The summed E-state index contributed by atoms with van der Waals surface area (Å²) in [4.78, 5) is 15.3. The summed E-state index contributed by atoms with van der Waals surface area (Å²) in [5.41, 5.74) is 7.05. The number of nitrogens with zero attached hydrogens (tertiary/aromatic N) is 2. The number of hydrogen-bond acceptors (Lipinski definition) is 7. The average Bonchev–Trinajstić information content (AvgIpc) is 3.27. The average molecular weight is 386 g/mol. The molecule has 1 atom stereocenters. The quantitative estimate of drug-likeness (QED) is 0.609. The SMILES string of the molecule is Cc1c(OC[C@H](C)NC(N)=O)noc1-c1nc2cc(OCC3CC3)ccc2o1. The highest BCUT2D eigenvalue weighted by Crippen LogP contribution is 2.33. The molecule has 28 heavy (non-hydrogen) atoms. The van der Waals surface area contributed by atoms with Gasteiger partial charge in [0, 0.05) is 6.07 Å². The molecule has 2 aromatic heterocycles. The van der Waals surface area contributed by atoms with Crippen LogP contribution in [0.4, 0.5) is 4.79 Å². The van der Waals surface area contributed by atoms with Crippen molar-refractivity contribution in [3.63, 3.8) is 0 Å². The van der Waals surface area contributed by atoms with Crippen LogP contribution < -0.4 is 20.5 Å². The minimum absolute atomic E-state index is 0.199. The number of oxazole rings is 1. The molecule has 9 nitrogen and oxygen atoms in total. The minimum atomic E-state index is -0.611. The molecule has 4 rings (SSSR count). The largest absolute Gasteiger partial charge is 0.493 e. The molecule has 0 radical (unpaired) electrons. The molecule has 0 saturated heterocycles. The maximum Gasteiger partial charge on any atom is 0.312 e. The Bertz CT molecular complexity index is 992. The van der Waals surface area contributed by atoms with Crippen molar-refractivity contribution < 1.29 is 23.2 Å². The number of benzene rings is 1. The van der Waals surface area contributed by atoms with E-state index in [-0.39, 0.29) is 12.6 Å². The third-order valence-corrected chi connectivity index (χ3v) is 4.48. The molecular formula is C19H22N4O5. The molecule has 1 saturated carbocycles. The molecule has 3 N–H and O–H groups in total. The van der Waals surface area contributed by atoms with E-state index >= 15 is 0 Å². The normalized spacial score (nSPS) is 14.8. The van der Waals surface area contributed by atoms with Gasteiger partial charge >= 0.3 is 6.03 Å². The maximum atomic E-state index is 10.9. The van der Waals surface area contributed by atoms with Crippen LogP contribution in [0.15, 0.2) is 27.1 Å². The van der Waals surface area contributed by atoms with E-state index < -0.39 is 6.03 Å². The molecule has 1 aromatic carbocycles.